The van der Waals surface area contributed by atoms with Gasteiger partial charge in [0.15, 0.2) is 4.77 Å². The maximum Gasteiger partial charge on any atom is 0.264 e. The lowest BCUT2D eigenvalue weighted by atomic mass is 10.1. The average Bonchev–Trinajstić information content (AvgIpc) is 2.53. The number of pyridine rings is 1. The highest BCUT2D eigenvalue weighted by molar-refractivity contribution is 7.71. The molecular weight excluding hydrogens is 368 g/mol. The summed E-state index contributed by atoms with van der Waals surface area (Å²) in [6.07, 6.45) is -2.82. The molecule has 0 aliphatic heterocycles. The number of alkyl halides is 2. The van der Waals surface area contributed by atoms with E-state index >= 15 is 0 Å². The number of hydrogen-bond acceptors (Lipinski definition) is 3. The molecule has 0 aliphatic rings. The summed E-state index contributed by atoms with van der Waals surface area (Å²) < 4.78 is 29.0. The molecule has 0 amide bonds. The van der Waals surface area contributed by atoms with Gasteiger partial charge in [-0.1, -0.05) is 23.7 Å². The van der Waals surface area contributed by atoms with Gasteiger partial charge >= 0.3 is 0 Å². The van der Waals surface area contributed by atoms with Crippen LogP contribution in [0.3, 0.4) is 0 Å². The molecule has 0 radical (unpaired) electrons. The first-order valence-corrected chi connectivity index (χ1v) is 8.31. The fraction of sp³-hybridized carbons (Fsp3) is 0.235. The van der Waals surface area contributed by atoms with E-state index in [1.54, 1.807) is 28.8 Å². The Hall–Kier alpha value is -2.12. The Balaban J connectivity index is 2.46. The van der Waals surface area contributed by atoms with Crippen molar-refractivity contribution in [3.8, 4) is 11.3 Å². The highest BCUT2D eigenvalue weighted by Gasteiger charge is 2.21. The number of nitrogens with one attached hydrogen (secondary N) is 1. The third-order valence-electron chi connectivity index (χ3n) is 3.82. The molecule has 0 saturated heterocycles. The minimum Gasteiger partial charge on any atom is -0.300 e. The van der Waals surface area contributed by atoms with Gasteiger partial charge in [-0.15, -0.1) is 0 Å². The van der Waals surface area contributed by atoms with E-state index in [2.05, 4.69) is 9.97 Å². The van der Waals surface area contributed by atoms with Crippen molar-refractivity contribution in [1.82, 2.24) is 14.5 Å². The number of aromatic amines is 1. The Morgan fingerprint density at radius 3 is 2.44 bits per heavy atom. The second-order valence-electron chi connectivity index (χ2n) is 5.83. The third kappa shape index (κ3) is 3.21. The summed E-state index contributed by atoms with van der Waals surface area (Å²) >= 11 is 11.1. The zero-order valence-electron chi connectivity index (χ0n) is 13.4. The number of nitrogens with zero attached hydrogens (tertiary/aromatic N) is 2. The highest BCUT2D eigenvalue weighted by atomic mass is 35.5. The molecule has 1 aromatic carbocycles. The van der Waals surface area contributed by atoms with Crippen molar-refractivity contribution in [2.75, 3.05) is 0 Å². The van der Waals surface area contributed by atoms with Gasteiger partial charge in [0, 0.05) is 22.2 Å². The van der Waals surface area contributed by atoms with Crippen LogP contribution in [0.1, 0.15) is 31.9 Å². The zero-order chi connectivity index (χ0) is 18.3. The fourth-order valence-electron chi connectivity index (χ4n) is 2.69. The van der Waals surface area contributed by atoms with Crippen LogP contribution >= 0.6 is 23.8 Å². The smallest absolute Gasteiger partial charge is 0.264 e. The van der Waals surface area contributed by atoms with E-state index in [1.165, 1.54) is 6.07 Å². The number of benzene rings is 1. The molecular formula is C17H14ClF2N3OS. The molecule has 0 fully saturated rings. The van der Waals surface area contributed by atoms with Gasteiger partial charge in [0.05, 0.1) is 11.1 Å². The first-order chi connectivity index (χ1) is 11.8. The van der Waals surface area contributed by atoms with E-state index in [0.29, 0.717) is 16.3 Å². The van der Waals surface area contributed by atoms with Crippen LogP contribution in [-0.4, -0.2) is 14.5 Å². The van der Waals surface area contributed by atoms with E-state index in [-0.39, 0.29) is 27.4 Å². The van der Waals surface area contributed by atoms with Crippen molar-refractivity contribution >= 4 is 34.9 Å². The summed E-state index contributed by atoms with van der Waals surface area (Å²) in [5.74, 6) is 0. The van der Waals surface area contributed by atoms with Crippen molar-refractivity contribution in [2.45, 2.75) is 26.3 Å². The fourth-order valence-corrected chi connectivity index (χ4v) is 3.21. The van der Waals surface area contributed by atoms with Gasteiger partial charge < -0.3 is 0 Å². The van der Waals surface area contributed by atoms with Crippen molar-refractivity contribution in [3.63, 3.8) is 0 Å². The minimum absolute atomic E-state index is 0.144. The van der Waals surface area contributed by atoms with E-state index < -0.39 is 12.0 Å². The number of rotatable bonds is 3. The molecule has 0 bridgehead atoms. The molecule has 130 valence electrons. The van der Waals surface area contributed by atoms with Gasteiger partial charge in [-0.25, -0.2) is 13.8 Å². The molecule has 25 heavy (non-hydrogen) atoms. The van der Waals surface area contributed by atoms with Crippen LogP contribution in [0.4, 0.5) is 8.78 Å². The summed E-state index contributed by atoms with van der Waals surface area (Å²) in [5.41, 5.74) is 0.0537. The Morgan fingerprint density at radius 1 is 1.24 bits per heavy atom. The number of H-pyrrole nitrogens is 1. The summed E-state index contributed by atoms with van der Waals surface area (Å²) in [6.45, 7) is 3.68. The minimum atomic E-state index is -2.82. The lowest BCUT2D eigenvalue weighted by Crippen LogP contribution is -2.19. The lowest BCUT2D eigenvalue weighted by molar-refractivity contribution is 0.153. The topological polar surface area (TPSA) is 50.7 Å². The zero-order valence-corrected chi connectivity index (χ0v) is 15.0. The van der Waals surface area contributed by atoms with Crippen molar-refractivity contribution < 1.29 is 8.78 Å². The molecule has 2 aromatic heterocycles. The number of hydrogen-bond donors (Lipinski definition) is 1. The van der Waals surface area contributed by atoms with E-state index in [4.69, 9.17) is 23.8 Å². The monoisotopic (exact) mass is 381 g/mol. The molecule has 2 heterocycles. The lowest BCUT2D eigenvalue weighted by Gasteiger charge is -2.16. The normalized spacial score (nSPS) is 11.6. The largest absolute Gasteiger partial charge is 0.300 e. The molecule has 1 N–H and O–H groups in total. The number of fused-ring (bicyclic) bond motifs is 1. The van der Waals surface area contributed by atoms with Crippen LogP contribution in [0.2, 0.25) is 5.02 Å². The van der Waals surface area contributed by atoms with Crippen molar-refractivity contribution in [1.29, 1.82) is 0 Å². The van der Waals surface area contributed by atoms with Gasteiger partial charge in [0.2, 0.25) is 0 Å². The van der Waals surface area contributed by atoms with Gasteiger partial charge in [0.1, 0.15) is 5.65 Å². The van der Waals surface area contributed by atoms with Crippen LogP contribution in [0, 0.1) is 4.77 Å². The maximum absolute atomic E-state index is 13.6. The third-order valence-corrected chi connectivity index (χ3v) is 4.37. The Labute approximate surface area is 152 Å². The quantitative estimate of drug-likeness (QED) is 0.627. The van der Waals surface area contributed by atoms with Crippen LogP contribution in [0.5, 0.6) is 0 Å². The van der Waals surface area contributed by atoms with Crippen molar-refractivity contribution in [2.24, 2.45) is 0 Å². The summed E-state index contributed by atoms with van der Waals surface area (Å²) in [6, 6.07) is 7.75. The second kappa shape index (κ2) is 6.65. The van der Waals surface area contributed by atoms with E-state index in [9.17, 15) is 13.6 Å². The van der Waals surface area contributed by atoms with Crippen LogP contribution < -0.4 is 5.56 Å². The molecule has 8 heteroatoms. The average molecular weight is 382 g/mol. The van der Waals surface area contributed by atoms with E-state index in [1.807, 2.05) is 13.8 Å². The van der Waals surface area contributed by atoms with Crippen molar-refractivity contribution in [3.05, 3.63) is 56.0 Å². The molecule has 0 unspecified atom stereocenters. The van der Waals surface area contributed by atoms with Gasteiger partial charge in [0.25, 0.3) is 12.0 Å². The molecule has 3 aromatic rings. The van der Waals surface area contributed by atoms with E-state index in [0.717, 1.165) is 0 Å². The molecule has 0 saturated carbocycles. The predicted octanol–water partition coefficient (Wildman–Crippen LogP) is 5.29. The van der Waals surface area contributed by atoms with Gasteiger partial charge in [-0.3, -0.25) is 14.3 Å². The Kier molecular flexibility index (Phi) is 4.71. The predicted molar refractivity (Wildman–Crippen MR) is 97.0 cm³/mol. The van der Waals surface area contributed by atoms with Crippen LogP contribution in [0.15, 0.2) is 35.1 Å². The molecule has 0 atom stereocenters. The Bertz CT molecular complexity index is 1060. The first-order valence-electron chi connectivity index (χ1n) is 7.53. The SMILES string of the molecule is CC(C)n1c(=S)[nH]c(=O)c2c(C(F)F)cc(-c3ccc(Cl)cc3)nc21. The number of halogens is 3. The van der Waals surface area contributed by atoms with Crippen LogP contribution in [0.25, 0.3) is 22.3 Å². The standard InChI is InChI=1S/C17H14ClF2N3OS/c1-8(2)23-15-13(16(24)22-17(23)25)11(14(19)20)7-12(21-15)9-3-5-10(18)6-4-9/h3-8,14H,1-2H3,(H,22,24,25). The van der Waals surface area contributed by atoms with Gasteiger partial charge in [-0.05, 0) is 44.3 Å². The summed E-state index contributed by atoms with van der Waals surface area (Å²) in [7, 11) is 0. The summed E-state index contributed by atoms with van der Waals surface area (Å²) in [5, 5.41) is 0.384. The maximum atomic E-state index is 13.6. The molecule has 4 nitrogen and oxygen atoms in total. The summed E-state index contributed by atoms with van der Waals surface area (Å²) in [4.78, 5) is 19.2. The molecule has 0 spiro atoms. The number of aromatic nitrogens is 3. The van der Waals surface area contributed by atoms with Gasteiger partial charge in [-0.2, -0.15) is 0 Å². The van der Waals surface area contributed by atoms with Crippen LogP contribution in [-0.2, 0) is 0 Å². The Morgan fingerprint density at radius 2 is 1.88 bits per heavy atom. The second-order valence-corrected chi connectivity index (χ2v) is 6.65. The highest BCUT2D eigenvalue weighted by Crippen LogP contribution is 2.30. The molecule has 3 rings (SSSR count). The molecule has 0 aliphatic carbocycles. The first kappa shape index (κ1) is 17.7.